The Morgan fingerprint density at radius 3 is 2.79 bits per heavy atom. The van der Waals surface area contributed by atoms with Crippen LogP contribution in [0.25, 0.3) is 10.9 Å². The van der Waals surface area contributed by atoms with Crippen LogP contribution in [-0.4, -0.2) is 16.1 Å². The fourth-order valence-corrected chi connectivity index (χ4v) is 2.21. The number of carbonyl (C=O) groups is 1. The largest absolute Gasteiger partial charge is 0.484 e. The minimum Gasteiger partial charge on any atom is -0.484 e. The minimum absolute atomic E-state index is 0.00205. The first-order valence-corrected chi connectivity index (χ1v) is 6.99. The van der Waals surface area contributed by atoms with E-state index in [1.165, 1.54) is 24.3 Å². The number of carbonyl (C=O) groups excluding carboxylic acids is 1. The molecule has 0 saturated heterocycles. The molecule has 0 atom stereocenters. The number of nitrogens with zero attached hydrogens (tertiary/aromatic N) is 1. The molecule has 0 bridgehead atoms. The Labute approximate surface area is 135 Å². The van der Waals surface area contributed by atoms with E-state index in [-0.39, 0.29) is 19.0 Å². The van der Waals surface area contributed by atoms with Crippen molar-refractivity contribution in [2.45, 2.75) is 13.2 Å². The van der Waals surface area contributed by atoms with E-state index in [0.29, 0.717) is 22.3 Å². The molecular formula is C16H13F2N3O3. The summed E-state index contributed by atoms with van der Waals surface area (Å²) in [5, 5.41) is 0.590. The molecule has 8 heteroatoms. The number of rotatable bonds is 5. The number of H-pyrrole nitrogens is 1. The van der Waals surface area contributed by atoms with Crippen LogP contribution in [0.4, 0.5) is 13.6 Å². The van der Waals surface area contributed by atoms with Gasteiger partial charge in [0.2, 0.25) is 5.95 Å². The quantitative estimate of drug-likeness (QED) is 0.702. The summed E-state index contributed by atoms with van der Waals surface area (Å²) in [4.78, 5) is 17.2. The van der Waals surface area contributed by atoms with E-state index in [9.17, 15) is 13.6 Å². The molecule has 3 aromatic rings. The first kappa shape index (κ1) is 15.7. The molecule has 0 aliphatic rings. The number of aromatic nitrogens is 2. The van der Waals surface area contributed by atoms with Gasteiger partial charge in [-0.05, 0) is 24.3 Å². The van der Waals surface area contributed by atoms with Crippen molar-refractivity contribution in [2.75, 3.05) is 0 Å². The van der Waals surface area contributed by atoms with Crippen molar-refractivity contribution in [3.8, 4) is 5.75 Å². The van der Waals surface area contributed by atoms with Crippen LogP contribution < -0.4 is 10.5 Å². The first-order valence-electron chi connectivity index (χ1n) is 6.99. The van der Waals surface area contributed by atoms with Crippen molar-refractivity contribution in [3.05, 3.63) is 59.6 Å². The van der Waals surface area contributed by atoms with E-state index in [0.717, 1.165) is 0 Å². The number of primary amides is 1. The Morgan fingerprint density at radius 1 is 1.21 bits per heavy atom. The van der Waals surface area contributed by atoms with Gasteiger partial charge >= 0.3 is 6.09 Å². The van der Waals surface area contributed by atoms with Gasteiger partial charge in [0.05, 0.1) is 11.4 Å². The molecule has 24 heavy (non-hydrogen) atoms. The van der Waals surface area contributed by atoms with Gasteiger partial charge in [0, 0.05) is 17.0 Å². The highest BCUT2D eigenvalue weighted by Crippen LogP contribution is 2.26. The first-order chi connectivity index (χ1) is 11.5. The molecule has 0 aliphatic carbocycles. The van der Waals surface area contributed by atoms with Crippen LogP contribution in [0.15, 0.2) is 36.4 Å². The van der Waals surface area contributed by atoms with Crippen LogP contribution in [0.1, 0.15) is 11.4 Å². The molecule has 2 heterocycles. The number of fused-ring (bicyclic) bond motifs is 1. The number of nitrogens with two attached hydrogens (primary N) is 1. The Balaban J connectivity index is 1.78. The lowest BCUT2D eigenvalue weighted by atomic mass is 10.2. The van der Waals surface area contributed by atoms with Crippen molar-refractivity contribution in [1.29, 1.82) is 0 Å². The summed E-state index contributed by atoms with van der Waals surface area (Å²) < 4.78 is 37.1. The van der Waals surface area contributed by atoms with Crippen molar-refractivity contribution in [1.82, 2.24) is 9.97 Å². The van der Waals surface area contributed by atoms with Gasteiger partial charge in [-0.15, -0.1) is 0 Å². The predicted octanol–water partition coefficient (Wildman–Crippen LogP) is 3.02. The molecule has 0 spiro atoms. The summed E-state index contributed by atoms with van der Waals surface area (Å²) in [5.74, 6) is -1.20. The number of halogens is 2. The number of benzene rings is 1. The van der Waals surface area contributed by atoms with Crippen molar-refractivity contribution < 1.29 is 23.0 Å². The average molecular weight is 333 g/mol. The number of pyridine rings is 1. The summed E-state index contributed by atoms with van der Waals surface area (Å²) >= 11 is 0. The van der Waals surface area contributed by atoms with Crippen molar-refractivity contribution in [3.63, 3.8) is 0 Å². The molecular weight excluding hydrogens is 320 g/mol. The summed E-state index contributed by atoms with van der Waals surface area (Å²) in [6.07, 6.45) is -0.897. The van der Waals surface area contributed by atoms with Crippen molar-refractivity contribution >= 4 is 17.0 Å². The smallest absolute Gasteiger partial charge is 0.404 e. The maximum Gasteiger partial charge on any atom is 0.404 e. The van der Waals surface area contributed by atoms with Crippen LogP contribution in [0.2, 0.25) is 0 Å². The van der Waals surface area contributed by atoms with Gasteiger partial charge in [-0.2, -0.15) is 4.39 Å². The van der Waals surface area contributed by atoms with Gasteiger partial charge in [-0.1, -0.05) is 6.07 Å². The maximum absolute atomic E-state index is 14.1. The molecule has 0 saturated carbocycles. The average Bonchev–Trinajstić information content (AvgIpc) is 2.92. The molecule has 2 aromatic heterocycles. The molecule has 6 nitrogen and oxygen atoms in total. The number of amides is 1. The normalized spacial score (nSPS) is 10.8. The molecule has 0 aliphatic heterocycles. The van der Waals surface area contributed by atoms with Gasteiger partial charge < -0.3 is 20.2 Å². The summed E-state index contributed by atoms with van der Waals surface area (Å²) in [6, 6.07) is 8.68. The summed E-state index contributed by atoms with van der Waals surface area (Å²) in [5.41, 5.74) is 6.41. The van der Waals surface area contributed by atoms with Crippen LogP contribution in [0.5, 0.6) is 5.75 Å². The molecule has 1 amide bonds. The van der Waals surface area contributed by atoms with Gasteiger partial charge in [-0.3, -0.25) is 0 Å². The number of hydrogen-bond acceptors (Lipinski definition) is 4. The summed E-state index contributed by atoms with van der Waals surface area (Å²) in [7, 11) is 0. The third kappa shape index (κ3) is 3.60. The van der Waals surface area contributed by atoms with Crippen LogP contribution >= 0.6 is 0 Å². The second-order valence-corrected chi connectivity index (χ2v) is 5.01. The highest BCUT2D eigenvalue weighted by atomic mass is 19.1. The lowest BCUT2D eigenvalue weighted by Gasteiger charge is -2.07. The van der Waals surface area contributed by atoms with E-state index < -0.39 is 17.9 Å². The lowest BCUT2D eigenvalue weighted by Crippen LogP contribution is -2.12. The second kappa shape index (κ2) is 6.53. The van der Waals surface area contributed by atoms with Crippen LogP contribution in [-0.2, 0) is 18.0 Å². The predicted molar refractivity (Wildman–Crippen MR) is 81.2 cm³/mol. The van der Waals surface area contributed by atoms with E-state index in [1.54, 1.807) is 12.1 Å². The third-order valence-corrected chi connectivity index (χ3v) is 3.25. The van der Waals surface area contributed by atoms with E-state index in [4.69, 9.17) is 10.5 Å². The lowest BCUT2D eigenvalue weighted by molar-refractivity contribution is 0.149. The second-order valence-electron chi connectivity index (χ2n) is 5.01. The standard InChI is InChI=1S/C16H13F2N3O3/c17-12-5-9-4-11(8-24-16(19)22)20-13(9)6-14(12)23-7-10-2-1-3-15(18)21-10/h1-6,20H,7-8H2,(H2,19,22). The Hall–Kier alpha value is -3.16. The molecule has 0 fully saturated rings. The zero-order valence-electron chi connectivity index (χ0n) is 12.4. The molecule has 3 N–H and O–H groups in total. The SMILES string of the molecule is NC(=O)OCc1cc2cc(F)c(OCc3cccc(F)n3)cc2[nH]1. The summed E-state index contributed by atoms with van der Waals surface area (Å²) in [6.45, 7) is -0.117. The van der Waals surface area contributed by atoms with Gasteiger partial charge in [0.15, 0.2) is 11.6 Å². The minimum atomic E-state index is -0.897. The maximum atomic E-state index is 14.1. The highest BCUT2D eigenvalue weighted by Gasteiger charge is 2.10. The molecule has 124 valence electrons. The van der Waals surface area contributed by atoms with E-state index >= 15 is 0 Å². The van der Waals surface area contributed by atoms with Crippen molar-refractivity contribution in [2.24, 2.45) is 5.73 Å². The van der Waals surface area contributed by atoms with E-state index in [2.05, 4.69) is 14.7 Å². The number of ether oxygens (including phenoxy) is 2. The van der Waals surface area contributed by atoms with Crippen LogP contribution in [0.3, 0.4) is 0 Å². The van der Waals surface area contributed by atoms with Gasteiger partial charge in [-0.25, -0.2) is 14.2 Å². The third-order valence-electron chi connectivity index (χ3n) is 3.25. The van der Waals surface area contributed by atoms with Gasteiger partial charge in [0.25, 0.3) is 0 Å². The fourth-order valence-electron chi connectivity index (χ4n) is 2.21. The van der Waals surface area contributed by atoms with Crippen LogP contribution in [0, 0.1) is 11.8 Å². The Morgan fingerprint density at radius 2 is 2.04 bits per heavy atom. The highest BCUT2D eigenvalue weighted by molar-refractivity contribution is 5.82. The van der Waals surface area contributed by atoms with E-state index in [1.807, 2.05) is 0 Å². The zero-order chi connectivity index (χ0) is 17.1. The number of nitrogens with one attached hydrogen (secondary N) is 1. The number of aromatic amines is 1. The molecule has 1 aromatic carbocycles. The Kier molecular flexibility index (Phi) is 4.28. The topological polar surface area (TPSA) is 90.2 Å². The Bertz CT molecular complexity index is 895. The number of hydrogen-bond donors (Lipinski definition) is 2. The molecule has 3 rings (SSSR count). The molecule has 0 radical (unpaired) electrons. The fraction of sp³-hybridized carbons (Fsp3) is 0.125. The monoisotopic (exact) mass is 333 g/mol. The molecule has 0 unspecified atom stereocenters. The van der Waals surface area contributed by atoms with Gasteiger partial charge in [0.1, 0.15) is 13.2 Å². The zero-order valence-corrected chi connectivity index (χ0v) is 12.4.